The van der Waals surface area contributed by atoms with E-state index in [1.807, 2.05) is 30.3 Å². The highest BCUT2D eigenvalue weighted by Gasteiger charge is 2.30. The Morgan fingerprint density at radius 2 is 2.00 bits per heavy atom. The smallest absolute Gasteiger partial charge is 0.337 e. The van der Waals surface area contributed by atoms with Crippen LogP contribution in [0.5, 0.6) is 0 Å². The summed E-state index contributed by atoms with van der Waals surface area (Å²) in [7, 11) is 1.41. The van der Waals surface area contributed by atoms with Crippen molar-refractivity contribution in [3.63, 3.8) is 0 Å². The molecule has 1 aliphatic rings. The zero-order valence-corrected chi connectivity index (χ0v) is 11.6. The van der Waals surface area contributed by atoms with Gasteiger partial charge in [0.1, 0.15) is 6.61 Å². The molecule has 0 bridgehead atoms. The lowest BCUT2D eigenvalue weighted by Gasteiger charge is -2.09. The summed E-state index contributed by atoms with van der Waals surface area (Å²) in [5.74, 6) is -1.52. The van der Waals surface area contributed by atoms with Gasteiger partial charge in [0.25, 0.3) is 0 Å². The number of aliphatic carboxylic acids is 1. The zero-order valence-electron chi connectivity index (χ0n) is 11.6. The lowest BCUT2D eigenvalue weighted by atomic mass is 10.2. The molecule has 1 aromatic carbocycles. The van der Waals surface area contributed by atoms with Crippen LogP contribution in [0.2, 0.25) is 0 Å². The maximum atomic E-state index is 11.2. The van der Waals surface area contributed by atoms with E-state index in [1.54, 1.807) is 0 Å². The van der Waals surface area contributed by atoms with Crippen molar-refractivity contribution in [3.05, 3.63) is 35.9 Å². The van der Waals surface area contributed by atoms with Crippen molar-refractivity contribution in [1.29, 1.82) is 0 Å². The monoisotopic (exact) mass is 298 g/mol. The van der Waals surface area contributed by atoms with Gasteiger partial charge >= 0.3 is 11.9 Å². The summed E-state index contributed by atoms with van der Waals surface area (Å²) < 4.78 is 13.9. The number of aliphatic hydroxyl groups is 1. The van der Waals surface area contributed by atoms with Gasteiger partial charge in [0.2, 0.25) is 0 Å². The van der Waals surface area contributed by atoms with Crippen LogP contribution in [0, 0.1) is 0 Å². The molecule has 1 saturated heterocycles. The van der Waals surface area contributed by atoms with Gasteiger partial charge in [-0.3, -0.25) is 0 Å². The van der Waals surface area contributed by atoms with Gasteiger partial charge in [0.15, 0.2) is 12.2 Å². The van der Waals surface area contributed by atoms with E-state index < -0.39 is 24.1 Å². The van der Waals surface area contributed by atoms with Crippen molar-refractivity contribution in [2.24, 2.45) is 0 Å². The summed E-state index contributed by atoms with van der Waals surface area (Å²) in [5, 5.41) is 17.1. The Hall–Kier alpha value is -1.96. The van der Waals surface area contributed by atoms with E-state index in [0.29, 0.717) is 6.61 Å². The van der Waals surface area contributed by atoms with Crippen molar-refractivity contribution >= 4 is 11.9 Å². The predicted octanol–water partition coefficient (Wildman–Crippen LogP) is 0.207. The molecule has 2 rings (SSSR count). The van der Waals surface area contributed by atoms with Gasteiger partial charge in [-0.25, -0.2) is 9.59 Å². The zero-order chi connectivity index (χ0) is 15.7. The Kier molecular flexibility index (Phi) is 7.38. The van der Waals surface area contributed by atoms with Crippen LogP contribution in [-0.2, 0) is 30.4 Å². The van der Waals surface area contributed by atoms with E-state index in [2.05, 4.69) is 9.47 Å². The normalized spacial score (nSPS) is 17.1. The van der Waals surface area contributed by atoms with Crippen LogP contribution in [0.25, 0.3) is 0 Å². The molecule has 7 nitrogen and oxygen atoms in total. The van der Waals surface area contributed by atoms with E-state index in [0.717, 1.165) is 5.56 Å². The number of carboxylic acids is 1. The van der Waals surface area contributed by atoms with Gasteiger partial charge in [-0.1, -0.05) is 30.3 Å². The van der Waals surface area contributed by atoms with Crippen LogP contribution >= 0.6 is 0 Å². The fourth-order valence-electron chi connectivity index (χ4n) is 1.24. The summed E-state index contributed by atoms with van der Waals surface area (Å²) in [6.07, 6.45) is -1.69. The highest BCUT2D eigenvalue weighted by atomic mass is 16.6. The second-order valence-corrected chi connectivity index (χ2v) is 4.22. The van der Waals surface area contributed by atoms with E-state index >= 15 is 0 Å². The number of carboxylic acid groups (broad SMARTS) is 1. The van der Waals surface area contributed by atoms with E-state index in [-0.39, 0.29) is 13.2 Å². The first-order valence-electron chi connectivity index (χ1n) is 6.26. The number of ether oxygens (including phenoxy) is 3. The minimum Gasteiger partial charge on any atom is -0.479 e. The Balaban J connectivity index is 0.000000304. The van der Waals surface area contributed by atoms with Gasteiger partial charge in [-0.05, 0) is 5.56 Å². The summed E-state index contributed by atoms with van der Waals surface area (Å²) in [5.41, 5.74) is 0.885. The number of aliphatic hydroxyl groups excluding tert-OH is 1. The van der Waals surface area contributed by atoms with E-state index in [9.17, 15) is 14.7 Å². The number of carbonyl (C=O) groups is 2. The fourth-order valence-corrected chi connectivity index (χ4v) is 1.24. The van der Waals surface area contributed by atoms with Crippen molar-refractivity contribution in [1.82, 2.24) is 0 Å². The molecule has 7 heteroatoms. The second-order valence-electron chi connectivity index (χ2n) is 4.22. The first-order chi connectivity index (χ1) is 10.0. The Bertz CT molecular complexity index is 442. The quantitative estimate of drug-likeness (QED) is 0.571. The molecule has 1 fully saturated rings. The summed E-state index contributed by atoms with van der Waals surface area (Å²) in [4.78, 5) is 20.8. The number of carbonyl (C=O) groups excluding carboxylic acids is 1. The Morgan fingerprint density at radius 3 is 2.43 bits per heavy atom. The van der Waals surface area contributed by atoms with Crippen molar-refractivity contribution < 1.29 is 34.0 Å². The van der Waals surface area contributed by atoms with E-state index in [1.165, 1.54) is 7.11 Å². The largest absolute Gasteiger partial charge is 0.479 e. The van der Waals surface area contributed by atoms with Gasteiger partial charge in [0, 0.05) is 7.11 Å². The van der Waals surface area contributed by atoms with Gasteiger partial charge < -0.3 is 24.4 Å². The number of rotatable bonds is 6. The Morgan fingerprint density at radius 1 is 1.38 bits per heavy atom. The van der Waals surface area contributed by atoms with Crippen molar-refractivity contribution in [2.45, 2.75) is 18.8 Å². The molecule has 1 aromatic rings. The minimum atomic E-state index is -1.21. The minimum absolute atomic E-state index is 0.0480. The van der Waals surface area contributed by atoms with Crippen molar-refractivity contribution in [3.8, 4) is 0 Å². The van der Waals surface area contributed by atoms with Crippen LogP contribution < -0.4 is 0 Å². The molecule has 1 heterocycles. The topological polar surface area (TPSA) is 106 Å². The maximum Gasteiger partial charge on any atom is 0.337 e. The third kappa shape index (κ3) is 7.40. The number of hydrogen-bond acceptors (Lipinski definition) is 6. The summed E-state index contributed by atoms with van der Waals surface area (Å²) >= 11 is 0. The summed E-state index contributed by atoms with van der Waals surface area (Å²) in [6.45, 7) is 0.517. The SMILES string of the molecule is COC[C@@H](O)C(=O)OCc1ccccc1.O=C(O)[C@H]1CO1. The standard InChI is InChI=1S/C11H14O4.C3H4O3/c1-14-8-10(12)11(13)15-7-9-5-3-2-4-6-9;4-3(5)2-1-6-2/h2-6,10,12H,7-8H2,1H3;2H,1H2,(H,4,5)/t10-;2-/m11/s1. The fraction of sp³-hybridized carbons (Fsp3) is 0.429. The molecule has 0 saturated carbocycles. The molecule has 0 unspecified atom stereocenters. The molecule has 0 aliphatic carbocycles. The molecule has 0 aromatic heterocycles. The second kappa shape index (κ2) is 9.06. The molecule has 2 N–H and O–H groups in total. The highest BCUT2D eigenvalue weighted by molar-refractivity contribution is 5.74. The first-order valence-corrected chi connectivity index (χ1v) is 6.26. The number of benzene rings is 1. The molecular weight excluding hydrogens is 280 g/mol. The molecular formula is C14H18O7. The highest BCUT2D eigenvalue weighted by Crippen LogP contribution is 2.06. The molecule has 0 radical (unpaired) electrons. The van der Waals surface area contributed by atoms with Crippen LogP contribution in [0.3, 0.4) is 0 Å². The van der Waals surface area contributed by atoms with Crippen LogP contribution in [0.1, 0.15) is 5.56 Å². The molecule has 1 aliphatic heterocycles. The number of esters is 1. The number of epoxide rings is 1. The first kappa shape index (κ1) is 17.1. The van der Waals surface area contributed by atoms with Crippen molar-refractivity contribution in [2.75, 3.05) is 20.3 Å². The average molecular weight is 298 g/mol. The van der Waals surface area contributed by atoms with Gasteiger partial charge in [-0.2, -0.15) is 0 Å². The maximum absolute atomic E-state index is 11.2. The number of hydrogen-bond donors (Lipinski definition) is 2. The lowest BCUT2D eigenvalue weighted by Crippen LogP contribution is -2.27. The average Bonchev–Trinajstić information content (AvgIpc) is 3.31. The predicted molar refractivity (Wildman–Crippen MR) is 71.5 cm³/mol. The van der Waals surface area contributed by atoms with Crippen LogP contribution in [0.15, 0.2) is 30.3 Å². The third-order valence-electron chi connectivity index (χ3n) is 2.43. The lowest BCUT2D eigenvalue weighted by molar-refractivity contribution is -0.157. The molecule has 0 amide bonds. The Labute approximate surface area is 122 Å². The van der Waals surface area contributed by atoms with Gasteiger partial charge in [-0.15, -0.1) is 0 Å². The van der Waals surface area contributed by atoms with E-state index in [4.69, 9.17) is 9.84 Å². The third-order valence-corrected chi connectivity index (χ3v) is 2.43. The molecule has 21 heavy (non-hydrogen) atoms. The number of methoxy groups -OCH3 is 1. The molecule has 0 spiro atoms. The van der Waals surface area contributed by atoms with Crippen LogP contribution in [-0.4, -0.2) is 54.7 Å². The molecule has 2 atom stereocenters. The van der Waals surface area contributed by atoms with Gasteiger partial charge in [0.05, 0.1) is 13.2 Å². The van der Waals surface area contributed by atoms with Crippen LogP contribution in [0.4, 0.5) is 0 Å². The molecule has 116 valence electrons. The summed E-state index contributed by atoms with van der Waals surface area (Å²) in [6, 6.07) is 9.28.